The number of hydrogen-bond donors (Lipinski definition) is 1. The van der Waals surface area contributed by atoms with Crippen LogP contribution in [0.5, 0.6) is 0 Å². The van der Waals surface area contributed by atoms with Crippen molar-refractivity contribution in [1.29, 1.82) is 0 Å². The summed E-state index contributed by atoms with van der Waals surface area (Å²) in [4.78, 5) is 19.1. The van der Waals surface area contributed by atoms with Crippen molar-refractivity contribution in [3.8, 4) is 11.1 Å². The number of fused-ring (bicyclic) bond motifs is 2. The van der Waals surface area contributed by atoms with Crippen LogP contribution in [0.1, 0.15) is 28.8 Å². The van der Waals surface area contributed by atoms with Gasteiger partial charge in [-0.25, -0.2) is 5.06 Å². The molecule has 1 saturated carbocycles. The van der Waals surface area contributed by atoms with E-state index in [-0.39, 0.29) is 0 Å². The Kier molecular flexibility index (Phi) is 4.18. The predicted molar refractivity (Wildman–Crippen MR) is 115 cm³/mol. The first-order valence-electron chi connectivity index (χ1n) is 9.75. The minimum absolute atomic E-state index is 0.427. The summed E-state index contributed by atoms with van der Waals surface area (Å²) < 4.78 is 0. The maximum Gasteiger partial charge on any atom is 0.276 e. The summed E-state index contributed by atoms with van der Waals surface area (Å²) in [5, 5.41) is 9.95. The first-order chi connectivity index (χ1) is 14.1. The lowest BCUT2D eigenvalue weighted by molar-refractivity contribution is -0.0374. The molecule has 2 aliphatic rings. The molecular weight excluding hydrogens is 362 g/mol. The summed E-state index contributed by atoms with van der Waals surface area (Å²) in [6.45, 7) is 0. The molecule has 0 radical (unpaired) electrons. The number of amides is 1. The molecule has 144 valence electrons. The molecule has 5 heteroatoms. The van der Waals surface area contributed by atoms with Crippen molar-refractivity contribution in [3.05, 3.63) is 77.9 Å². The first-order valence-corrected chi connectivity index (χ1v) is 9.75. The van der Waals surface area contributed by atoms with E-state index >= 15 is 0 Å². The third-order valence-corrected chi connectivity index (χ3v) is 5.45. The Morgan fingerprint density at radius 1 is 1.00 bits per heavy atom. The second-order valence-electron chi connectivity index (χ2n) is 7.53. The summed E-state index contributed by atoms with van der Waals surface area (Å²) in [6, 6.07) is 22.5. The lowest BCUT2D eigenvalue weighted by Gasteiger charge is -2.26. The van der Waals surface area contributed by atoms with Crippen molar-refractivity contribution in [2.45, 2.75) is 18.9 Å². The zero-order chi connectivity index (χ0) is 20.0. The van der Waals surface area contributed by atoms with E-state index in [1.807, 2.05) is 24.4 Å². The van der Waals surface area contributed by atoms with Crippen LogP contribution in [0.25, 0.3) is 11.1 Å². The SMILES string of the molecule is CN(O)C(=O)c1ccc(-c2ccc3c(c2)N(C2CC2)c2ccccc2C=N3)cc1. The third-order valence-electron chi connectivity index (χ3n) is 5.45. The van der Waals surface area contributed by atoms with E-state index in [2.05, 4.69) is 41.3 Å². The average molecular weight is 383 g/mol. The molecule has 1 heterocycles. The van der Waals surface area contributed by atoms with Gasteiger partial charge in [-0.15, -0.1) is 0 Å². The van der Waals surface area contributed by atoms with Crippen LogP contribution in [0, 0.1) is 0 Å². The highest BCUT2D eigenvalue weighted by molar-refractivity contribution is 5.97. The number of rotatable bonds is 3. The molecule has 0 atom stereocenters. The Morgan fingerprint density at radius 3 is 2.45 bits per heavy atom. The van der Waals surface area contributed by atoms with Crippen LogP contribution in [0.4, 0.5) is 17.1 Å². The fraction of sp³-hybridized carbons (Fsp3) is 0.167. The molecule has 5 rings (SSSR count). The van der Waals surface area contributed by atoms with Gasteiger partial charge in [-0.05, 0) is 54.3 Å². The molecule has 1 amide bonds. The number of anilines is 2. The van der Waals surface area contributed by atoms with Gasteiger partial charge in [0, 0.05) is 30.4 Å². The third kappa shape index (κ3) is 3.19. The van der Waals surface area contributed by atoms with Crippen molar-refractivity contribution >= 4 is 29.2 Å². The lowest BCUT2D eigenvalue weighted by atomic mass is 10.0. The highest BCUT2D eigenvalue weighted by Gasteiger charge is 2.33. The number of nitrogens with zero attached hydrogens (tertiary/aromatic N) is 3. The molecule has 3 aromatic rings. The zero-order valence-corrected chi connectivity index (χ0v) is 16.1. The van der Waals surface area contributed by atoms with Gasteiger partial charge in [0.05, 0.1) is 17.1 Å². The highest BCUT2D eigenvalue weighted by Crippen LogP contribution is 2.46. The molecule has 1 fully saturated rings. The monoisotopic (exact) mass is 383 g/mol. The molecule has 0 unspecified atom stereocenters. The summed E-state index contributed by atoms with van der Waals surface area (Å²) in [5.74, 6) is -0.427. The van der Waals surface area contributed by atoms with Gasteiger partial charge in [-0.1, -0.05) is 36.4 Å². The molecular formula is C24H21N3O2. The molecule has 1 N–H and O–H groups in total. The molecule has 1 aliphatic carbocycles. The molecule has 29 heavy (non-hydrogen) atoms. The Labute approximate surface area is 169 Å². The van der Waals surface area contributed by atoms with Gasteiger partial charge in [-0.3, -0.25) is 15.0 Å². The maximum atomic E-state index is 11.9. The number of para-hydroxylation sites is 1. The standard InChI is InChI=1S/C24H21N3O2/c1-26(29)24(28)17-8-6-16(7-9-17)18-10-13-21-23(14-18)27(20-11-12-20)22-5-3-2-4-19(22)15-25-21/h2-10,13-15,20,29H,11-12H2,1H3. The van der Waals surface area contributed by atoms with Crippen molar-refractivity contribution in [1.82, 2.24) is 5.06 Å². The number of benzene rings is 3. The summed E-state index contributed by atoms with van der Waals surface area (Å²) in [7, 11) is 1.33. The topological polar surface area (TPSA) is 56.1 Å². The number of hydrogen-bond acceptors (Lipinski definition) is 4. The van der Waals surface area contributed by atoms with Gasteiger partial charge in [0.2, 0.25) is 0 Å². The van der Waals surface area contributed by atoms with E-state index in [1.165, 1.54) is 25.6 Å². The summed E-state index contributed by atoms with van der Waals surface area (Å²) >= 11 is 0. The Morgan fingerprint density at radius 2 is 1.72 bits per heavy atom. The Balaban J connectivity index is 1.57. The molecule has 1 aliphatic heterocycles. The Bertz CT molecular complexity index is 1120. The Hall–Kier alpha value is -3.44. The minimum Gasteiger partial charge on any atom is -0.336 e. The fourth-order valence-electron chi connectivity index (χ4n) is 3.81. The van der Waals surface area contributed by atoms with E-state index in [9.17, 15) is 10.0 Å². The van der Waals surface area contributed by atoms with Crippen LogP contribution in [0.2, 0.25) is 0 Å². The quantitative estimate of drug-likeness (QED) is 0.501. The van der Waals surface area contributed by atoms with Crippen molar-refractivity contribution in [2.75, 3.05) is 11.9 Å². The van der Waals surface area contributed by atoms with Crippen molar-refractivity contribution < 1.29 is 10.0 Å². The first kappa shape index (κ1) is 17.6. The van der Waals surface area contributed by atoms with E-state index < -0.39 is 5.91 Å². The minimum atomic E-state index is -0.427. The zero-order valence-electron chi connectivity index (χ0n) is 16.1. The van der Waals surface area contributed by atoms with Crippen LogP contribution in [0.15, 0.2) is 71.7 Å². The lowest BCUT2D eigenvalue weighted by Crippen LogP contribution is -2.22. The van der Waals surface area contributed by atoms with Crippen molar-refractivity contribution in [3.63, 3.8) is 0 Å². The van der Waals surface area contributed by atoms with Gasteiger partial charge >= 0.3 is 0 Å². The number of carbonyl (C=O) groups excluding carboxylic acids is 1. The van der Waals surface area contributed by atoms with Crippen LogP contribution in [-0.4, -0.2) is 35.5 Å². The van der Waals surface area contributed by atoms with Gasteiger partial charge in [0.25, 0.3) is 5.91 Å². The predicted octanol–water partition coefficient (Wildman–Crippen LogP) is 5.18. The average Bonchev–Trinajstić information content (AvgIpc) is 3.59. The maximum absolute atomic E-state index is 11.9. The highest BCUT2D eigenvalue weighted by atomic mass is 16.5. The van der Waals surface area contributed by atoms with Gasteiger partial charge < -0.3 is 4.90 Å². The summed E-state index contributed by atoms with van der Waals surface area (Å²) in [5.41, 5.74) is 6.94. The second kappa shape index (κ2) is 6.87. The van der Waals surface area contributed by atoms with Crippen LogP contribution in [0.3, 0.4) is 0 Å². The smallest absolute Gasteiger partial charge is 0.276 e. The molecule has 5 nitrogen and oxygen atoms in total. The van der Waals surface area contributed by atoms with Crippen LogP contribution >= 0.6 is 0 Å². The van der Waals surface area contributed by atoms with Gasteiger partial charge in [0.1, 0.15) is 0 Å². The summed E-state index contributed by atoms with van der Waals surface area (Å²) in [6.07, 6.45) is 4.31. The normalized spacial score (nSPS) is 14.8. The van der Waals surface area contributed by atoms with E-state index in [4.69, 9.17) is 4.99 Å². The van der Waals surface area contributed by atoms with Crippen molar-refractivity contribution in [2.24, 2.45) is 4.99 Å². The van der Waals surface area contributed by atoms with Crippen LogP contribution < -0.4 is 4.90 Å². The largest absolute Gasteiger partial charge is 0.336 e. The van der Waals surface area contributed by atoms with E-state index in [1.54, 1.807) is 12.1 Å². The van der Waals surface area contributed by atoms with Gasteiger partial charge in [-0.2, -0.15) is 0 Å². The molecule has 0 saturated heterocycles. The second-order valence-corrected chi connectivity index (χ2v) is 7.53. The number of carbonyl (C=O) groups is 1. The molecule has 0 bridgehead atoms. The number of hydroxylamine groups is 2. The van der Waals surface area contributed by atoms with E-state index in [0.717, 1.165) is 28.1 Å². The molecule has 0 spiro atoms. The molecule has 0 aromatic heterocycles. The molecule has 3 aromatic carbocycles. The fourth-order valence-corrected chi connectivity index (χ4v) is 3.81. The van der Waals surface area contributed by atoms with Crippen LogP contribution in [-0.2, 0) is 0 Å². The van der Waals surface area contributed by atoms with Gasteiger partial charge in [0.15, 0.2) is 0 Å². The number of aliphatic imine (C=N–C) groups is 1. The van der Waals surface area contributed by atoms with E-state index in [0.29, 0.717) is 16.7 Å².